The first-order chi connectivity index (χ1) is 4.61. The molecule has 0 amide bonds. The average molecular weight is 141 g/mol. The SMILES string of the molecule is CC(C)C(C)C1CN(C)C1. The van der Waals surface area contributed by atoms with Gasteiger partial charge in [0.25, 0.3) is 0 Å². The molecule has 1 fully saturated rings. The molecule has 0 aromatic carbocycles. The molecule has 0 bridgehead atoms. The van der Waals surface area contributed by atoms with E-state index in [2.05, 4.69) is 32.7 Å². The zero-order valence-electron chi connectivity index (χ0n) is 7.59. The minimum Gasteiger partial charge on any atom is -0.306 e. The van der Waals surface area contributed by atoms with E-state index in [-0.39, 0.29) is 0 Å². The summed E-state index contributed by atoms with van der Waals surface area (Å²) in [5.74, 6) is 2.75. The summed E-state index contributed by atoms with van der Waals surface area (Å²) in [4.78, 5) is 2.39. The molecule has 1 aliphatic rings. The second-order valence-corrected chi connectivity index (χ2v) is 4.08. The van der Waals surface area contributed by atoms with Crippen LogP contribution >= 0.6 is 0 Å². The van der Waals surface area contributed by atoms with E-state index in [0.29, 0.717) is 0 Å². The molecule has 1 rings (SSSR count). The summed E-state index contributed by atoms with van der Waals surface area (Å²) in [6.07, 6.45) is 0. The smallest absolute Gasteiger partial charge is 0.00216 e. The van der Waals surface area contributed by atoms with Gasteiger partial charge in [0.2, 0.25) is 0 Å². The molecule has 10 heavy (non-hydrogen) atoms. The first kappa shape index (κ1) is 8.06. The molecule has 1 unspecified atom stereocenters. The van der Waals surface area contributed by atoms with Gasteiger partial charge in [0.05, 0.1) is 0 Å². The fourth-order valence-corrected chi connectivity index (χ4v) is 1.62. The van der Waals surface area contributed by atoms with E-state index in [9.17, 15) is 0 Å². The van der Waals surface area contributed by atoms with Gasteiger partial charge in [-0.15, -0.1) is 0 Å². The molecule has 1 saturated heterocycles. The lowest BCUT2D eigenvalue weighted by Crippen LogP contribution is -2.47. The third kappa shape index (κ3) is 1.51. The van der Waals surface area contributed by atoms with E-state index in [4.69, 9.17) is 0 Å². The third-order valence-electron chi connectivity index (χ3n) is 2.89. The van der Waals surface area contributed by atoms with Gasteiger partial charge in [-0.25, -0.2) is 0 Å². The van der Waals surface area contributed by atoms with Crippen LogP contribution in [0.1, 0.15) is 20.8 Å². The Morgan fingerprint density at radius 1 is 1.20 bits per heavy atom. The van der Waals surface area contributed by atoms with Crippen molar-refractivity contribution in [3.8, 4) is 0 Å². The Morgan fingerprint density at radius 2 is 1.70 bits per heavy atom. The van der Waals surface area contributed by atoms with Crippen molar-refractivity contribution in [3.05, 3.63) is 0 Å². The molecule has 0 saturated carbocycles. The molecule has 60 valence electrons. The molecule has 0 aliphatic carbocycles. The summed E-state index contributed by atoms with van der Waals surface area (Å²) in [6, 6.07) is 0. The number of hydrogen-bond acceptors (Lipinski definition) is 1. The Hall–Kier alpha value is -0.0400. The fraction of sp³-hybridized carbons (Fsp3) is 1.00. The Balaban J connectivity index is 2.24. The van der Waals surface area contributed by atoms with Gasteiger partial charge in [0, 0.05) is 13.1 Å². The van der Waals surface area contributed by atoms with Crippen LogP contribution in [0.2, 0.25) is 0 Å². The average Bonchev–Trinajstić information content (AvgIpc) is 1.79. The van der Waals surface area contributed by atoms with Gasteiger partial charge in [-0.05, 0) is 24.8 Å². The van der Waals surface area contributed by atoms with Crippen LogP contribution in [-0.4, -0.2) is 25.0 Å². The number of nitrogens with zero attached hydrogens (tertiary/aromatic N) is 1. The molecule has 0 radical (unpaired) electrons. The lowest BCUT2D eigenvalue weighted by molar-refractivity contribution is 0.0706. The van der Waals surface area contributed by atoms with Crippen LogP contribution in [0.5, 0.6) is 0 Å². The van der Waals surface area contributed by atoms with Crippen LogP contribution in [0.4, 0.5) is 0 Å². The second kappa shape index (κ2) is 2.91. The summed E-state index contributed by atoms with van der Waals surface area (Å²) in [6.45, 7) is 9.66. The predicted octanol–water partition coefficient (Wildman–Crippen LogP) is 1.84. The van der Waals surface area contributed by atoms with Crippen LogP contribution < -0.4 is 0 Å². The minimum absolute atomic E-state index is 0.860. The molecular weight excluding hydrogens is 122 g/mol. The molecule has 1 aliphatic heterocycles. The maximum Gasteiger partial charge on any atom is 0.00216 e. The number of likely N-dealkylation sites (tertiary alicyclic amines) is 1. The Morgan fingerprint density at radius 3 is 2.00 bits per heavy atom. The highest BCUT2D eigenvalue weighted by Crippen LogP contribution is 2.27. The molecule has 1 atom stereocenters. The van der Waals surface area contributed by atoms with Crippen LogP contribution in [0, 0.1) is 17.8 Å². The van der Waals surface area contributed by atoms with Crippen LogP contribution in [0.25, 0.3) is 0 Å². The summed E-state index contributed by atoms with van der Waals surface area (Å²) in [5.41, 5.74) is 0. The fourth-order valence-electron chi connectivity index (χ4n) is 1.62. The standard InChI is InChI=1S/C9H19N/c1-7(2)8(3)9-5-10(4)6-9/h7-9H,5-6H2,1-4H3. The van der Waals surface area contributed by atoms with E-state index in [1.165, 1.54) is 13.1 Å². The summed E-state index contributed by atoms with van der Waals surface area (Å²) < 4.78 is 0. The van der Waals surface area contributed by atoms with Crippen LogP contribution in [0.3, 0.4) is 0 Å². The topological polar surface area (TPSA) is 3.24 Å². The van der Waals surface area contributed by atoms with Crippen molar-refractivity contribution in [1.82, 2.24) is 4.90 Å². The summed E-state index contributed by atoms with van der Waals surface area (Å²) in [7, 11) is 2.20. The zero-order chi connectivity index (χ0) is 7.72. The van der Waals surface area contributed by atoms with Crippen molar-refractivity contribution in [2.24, 2.45) is 17.8 Å². The van der Waals surface area contributed by atoms with Gasteiger partial charge in [0.1, 0.15) is 0 Å². The molecule has 0 spiro atoms. The molecule has 1 heterocycles. The van der Waals surface area contributed by atoms with Gasteiger partial charge in [-0.2, -0.15) is 0 Å². The Kier molecular flexibility index (Phi) is 2.35. The quantitative estimate of drug-likeness (QED) is 0.567. The monoisotopic (exact) mass is 141 g/mol. The van der Waals surface area contributed by atoms with Crippen LogP contribution in [0.15, 0.2) is 0 Å². The van der Waals surface area contributed by atoms with E-state index in [0.717, 1.165) is 17.8 Å². The maximum absolute atomic E-state index is 2.39. The van der Waals surface area contributed by atoms with E-state index >= 15 is 0 Å². The summed E-state index contributed by atoms with van der Waals surface area (Å²) >= 11 is 0. The van der Waals surface area contributed by atoms with E-state index in [1.807, 2.05) is 0 Å². The highest BCUT2D eigenvalue weighted by molar-refractivity contribution is 4.82. The molecule has 1 nitrogen and oxygen atoms in total. The lowest BCUT2D eigenvalue weighted by Gasteiger charge is -2.41. The van der Waals surface area contributed by atoms with Gasteiger partial charge >= 0.3 is 0 Å². The Bertz CT molecular complexity index is 103. The highest BCUT2D eigenvalue weighted by Gasteiger charge is 2.29. The first-order valence-corrected chi connectivity index (χ1v) is 4.29. The summed E-state index contributed by atoms with van der Waals surface area (Å²) in [5, 5.41) is 0. The van der Waals surface area contributed by atoms with Crippen molar-refractivity contribution in [2.45, 2.75) is 20.8 Å². The normalized spacial score (nSPS) is 24.9. The molecular formula is C9H19N. The van der Waals surface area contributed by atoms with Crippen molar-refractivity contribution in [1.29, 1.82) is 0 Å². The van der Waals surface area contributed by atoms with Gasteiger partial charge in [0.15, 0.2) is 0 Å². The molecule has 0 aromatic heterocycles. The largest absolute Gasteiger partial charge is 0.306 e. The van der Waals surface area contributed by atoms with Crippen molar-refractivity contribution < 1.29 is 0 Å². The lowest BCUT2D eigenvalue weighted by atomic mass is 9.80. The molecule has 1 heteroatoms. The predicted molar refractivity (Wildman–Crippen MR) is 45.0 cm³/mol. The Labute approximate surface area is 64.4 Å². The zero-order valence-corrected chi connectivity index (χ0v) is 7.59. The maximum atomic E-state index is 2.39. The van der Waals surface area contributed by atoms with Gasteiger partial charge in [-0.1, -0.05) is 20.8 Å². The van der Waals surface area contributed by atoms with Crippen LogP contribution in [-0.2, 0) is 0 Å². The first-order valence-electron chi connectivity index (χ1n) is 4.29. The number of hydrogen-bond donors (Lipinski definition) is 0. The van der Waals surface area contributed by atoms with Crippen molar-refractivity contribution in [2.75, 3.05) is 20.1 Å². The number of rotatable bonds is 2. The highest BCUT2D eigenvalue weighted by atomic mass is 15.2. The minimum atomic E-state index is 0.860. The van der Waals surface area contributed by atoms with E-state index in [1.54, 1.807) is 0 Å². The van der Waals surface area contributed by atoms with E-state index < -0.39 is 0 Å². The molecule has 0 aromatic rings. The molecule has 0 N–H and O–H groups in total. The third-order valence-corrected chi connectivity index (χ3v) is 2.89. The van der Waals surface area contributed by atoms with Crippen molar-refractivity contribution >= 4 is 0 Å². The second-order valence-electron chi connectivity index (χ2n) is 4.08. The van der Waals surface area contributed by atoms with Gasteiger partial charge < -0.3 is 4.90 Å². The van der Waals surface area contributed by atoms with Gasteiger partial charge in [-0.3, -0.25) is 0 Å². The van der Waals surface area contributed by atoms with Crippen molar-refractivity contribution in [3.63, 3.8) is 0 Å².